The minimum Gasteiger partial charge on any atom is -0.396 e. The molecular weight excluding hydrogens is 288 g/mol. The van der Waals surface area contributed by atoms with Crippen molar-refractivity contribution in [3.63, 3.8) is 0 Å². The van der Waals surface area contributed by atoms with Gasteiger partial charge in [0.05, 0.1) is 17.3 Å². The minimum absolute atomic E-state index is 0.0206. The Morgan fingerprint density at radius 3 is 2.48 bits per heavy atom. The molecular formula is C20H34O3. The summed E-state index contributed by atoms with van der Waals surface area (Å²) in [5, 5.41) is 21.1. The molecule has 3 fully saturated rings. The molecule has 1 aliphatic heterocycles. The maximum Gasteiger partial charge on any atom is 0.0864 e. The fraction of sp³-hybridized carbons (Fsp3) is 0.900. The van der Waals surface area contributed by atoms with E-state index in [0.717, 1.165) is 32.1 Å². The predicted octanol–water partition coefficient (Wildman–Crippen LogP) is 3.69. The molecule has 2 aliphatic carbocycles. The van der Waals surface area contributed by atoms with Gasteiger partial charge in [-0.2, -0.15) is 0 Å². The summed E-state index contributed by atoms with van der Waals surface area (Å²) in [5.74, 6) is 0.589. The number of fused-ring (bicyclic) bond motifs is 3. The Balaban J connectivity index is 2.01. The Kier molecular flexibility index (Phi) is 4.02. The minimum atomic E-state index is -0.442. The first-order chi connectivity index (χ1) is 10.6. The lowest BCUT2D eigenvalue weighted by atomic mass is 9.43. The quantitative estimate of drug-likeness (QED) is 0.762. The molecule has 0 bridgehead atoms. The molecule has 0 amide bonds. The van der Waals surface area contributed by atoms with Crippen LogP contribution in [0.2, 0.25) is 0 Å². The molecule has 0 radical (unpaired) electrons. The zero-order valence-electron chi connectivity index (χ0n) is 15.3. The number of rotatable bonds is 2. The summed E-state index contributed by atoms with van der Waals surface area (Å²) in [7, 11) is 0. The first kappa shape index (κ1) is 17.4. The van der Waals surface area contributed by atoms with Gasteiger partial charge in [0.25, 0.3) is 0 Å². The van der Waals surface area contributed by atoms with Gasteiger partial charge in [-0.15, -0.1) is 6.58 Å². The van der Waals surface area contributed by atoms with Gasteiger partial charge in [-0.1, -0.05) is 26.3 Å². The van der Waals surface area contributed by atoms with E-state index < -0.39 is 5.60 Å². The van der Waals surface area contributed by atoms with E-state index >= 15 is 0 Å². The maximum absolute atomic E-state index is 11.1. The van der Waals surface area contributed by atoms with Crippen molar-refractivity contribution in [3.8, 4) is 0 Å². The van der Waals surface area contributed by atoms with Gasteiger partial charge in [0, 0.05) is 18.9 Å². The number of aliphatic hydroxyl groups is 2. The average molecular weight is 322 g/mol. The van der Waals surface area contributed by atoms with Gasteiger partial charge in [0.1, 0.15) is 0 Å². The van der Waals surface area contributed by atoms with Crippen LogP contribution in [0.1, 0.15) is 66.2 Å². The number of hydrogen-bond donors (Lipinski definition) is 2. The van der Waals surface area contributed by atoms with Crippen molar-refractivity contribution in [2.24, 2.45) is 22.7 Å². The molecule has 2 unspecified atom stereocenters. The Morgan fingerprint density at radius 1 is 1.17 bits per heavy atom. The van der Waals surface area contributed by atoms with Gasteiger partial charge in [-0.25, -0.2) is 0 Å². The van der Waals surface area contributed by atoms with Crippen molar-refractivity contribution >= 4 is 0 Å². The van der Waals surface area contributed by atoms with Crippen molar-refractivity contribution in [1.82, 2.24) is 0 Å². The Labute approximate surface area is 141 Å². The van der Waals surface area contributed by atoms with E-state index in [1.807, 2.05) is 13.0 Å². The summed E-state index contributed by atoms with van der Waals surface area (Å²) < 4.78 is 6.56. The zero-order chi connectivity index (χ0) is 17.1. The maximum atomic E-state index is 11.1. The normalized spacial score (nSPS) is 56.5. The number of aliphatic hydroxyl groups excluding tert-OH is 2. The summed E-state index contributed by atoms with van der Waals surface area (Å²) in [5.41, 5.74) is -0.736. The van der Waals surface area contributed by atoms with Gasteiger partial charge in [-0.05, 0) is 56.3 Å². The number of ether oxygens (including phenoxy) is 1. The molecule has 3 rings (SSSR count). The SMILES string of the molecule is C=C[C@@]1(C)C[C@H](O)C2[C@@]3(C)CCC[C@@](C)(CO)C3CC[C@@]2(C)O1. The van der Waals surface area contributed by atoms with E-state index in [2.05, 4.69) is 27.4 Å². The zero-order valence-corrected chi connectivity index (χ0v) is 15.3. The van der Waals surface area contributed by atoms with E-state index in [0.29, 0.717) is 12.3 Å². The highest BCUT2D eigenvalue weighted by Gasteiger charge is 2.64. The van der Waals surface area contributed by atoms with Crippen LogP contribution in [0.5, 0.6) is 0 Å². The van der Waals surface area contributed by atoms with Gasteiger partial charge in [-0.3, -0.25) is 0 Å². The van der Waals surface area contributed by atoms with Crippen LogP contribution in [-0.2, 0) is 4.74 Å². The molecule has 3 nitrogen and oxygen atoms in total. The summed E-state index contributed by atoms with van der Waals surface area (Å²) in [6, 6.07) is 0. The van der Waals surface area contributed by atoms with Crippen LogP contribution in [0, 0.1) is 22.7 Å². The monoisotopic (exact) mass is 322 g/mol. The van der Waals surface area contributed by atoms with Crippen molar-refractivity contribution in [3.05, 3.63) is 12.7 Å². The van der Waals surface area contributed by atoms with Crippen LogP contribution < -0.4 is 0 Å². The molecule has 1 saturated heterocycles. The highest BCUT2D eigenvalue weighted by Crippen LogP contribution is 2.65. The average Bonchev–Trinajstić information content (AvgIpc) is 2.45. The lowest BCUT2D eigenvalue weighted by Gasteiger charge is -2.66. The van der Waals surface area contributed by atoms with Gasteiger partial charge in [0.15, 0.2) is 0 Å². The van der Waals surface area contributed by atoms with E-state index in [-0.39, 0.29) is 35.1 Å². The molecule has 0 aromatic heterocycles. The summed E-state index contributed by atoms with van der Waals surface area (Å²) in [6.07, 6.45) is 7.47. The van der Waals surface area contributed by atoms with Crippen LogP contribution in [0.25, 0.3) is 0 Å². The van der Waals surface area contributed by atoms with E-state index in [1.165, 1.54) is 0 Å². The smallest absolute Gasteiger partial charge is 0.0864 e. The molecule has 3 heteroatoms. The van der Waals surface area contributed by atoms with Crippen molar-refractivity contribution < 1.29 is 14.9 Å². The van der Waals surface area contributed by atoms with Crippen LogP contribution in [0.15, 0.2) is 12.7 Å². The molecule has 0 aromatic carbocycles. The summed E-state index contributed by atoms with van der Waals surface area (Å²) in [4.78, 5) is 0. The molecule has 0 spiro atoms. The molecule has 2 saturated carbocycles. The van der Waals surface area contributed by atoms with Crippen LogP contribution in [-0.4, -0.2) is 34.1 Å². The molecule has 3 aliphatic rings. The highest BCUT2D eigenvalue weighted by atomic mass is 16.5. The molecule has 23 heavy (non-hydrogen) atoms. The Morgan fingerprint density at radius 2 is 1.87 bits per heavy atom. The molecule has 7 atom stereocenters. The van der Waals surface area contributed by atoms with E-state index in [4.69, 9.17) is 4.74 Å². The number of hydrogen-bond acceptors (Lipinski definition) is 3. The third-order valence-electron chi connectivity index (χ3n) is 7.66. The third-order valence-corrected chi connectivity index (χ3v) is 7.66. The van der Waals surface area contributed by atoms with Crippen molar-refractivity contribution in [1.29, 1.82) is 0 Å². The topological polar surface area (TPSA) is 49.7 Å². The Hall–Kier alpha value is -0.380. The van der Waals surface area contributed by atoms with Crippen molar-refractivity contribution in [2.75, 3.05) is 6.61 Å². The third kappa shape index (κ3) is 2.42. The first-order valence-electron chi connectivity index (χ1n) is 9.25. The standard InChI is InChI=1S/C20H34O3/c1-6-18(3)12-14(22)16-19(4)10-7-9-17(2,13-21)15(19)8-11-20(16,5)23-18/h6,14-16,21-22H,1,7-13H2,2-5H3/t14-,15?,16?,17-,18-,19-,20+/m0/s1. The van der Waals surface area contributed by atoms with Gasteiger partial charge in [0.2, 0.25) is 0 Å². The van der Waals surface area contributed by atoms with Gasteiger partial charge >= 0.3 is 0 Å². The van der Waals surface area contributed by atoms with E-state index in [1.54, 1.807) is 0 Å². The predicted molar refractivity (Wildman–Crippen MR) is 92.1 cm³/mol. The first-order valence-corrected chi connectivity index (χ1v) is 9.25. The highest BCUT2D eigenvalue weighted by molar-refractivity contribution is 5.15. The van der Waals surface area contributed by atoms with Gasteiger partial charge < -0.3 is 14.9 Å². The molecule has 1 heterocycles. The van der Waals surface area contributed by atoms with Crippen LogP contribution in [0.4, 0.5) is 0 Å². The summed E-state index contributed by atoms with van der Waals surface area (Å²) in [6.45, 7) is 13.0. The van der Waals surface area contributed by atoms with Crippen molar-refractivity contribution in [2.45, 2.75) is 83.5 Å². The molecule has 2 N–H and O–H groups in total. The molecule has 0 aromatic rings. The summed E-state index contributed by atoms with van der Waals surface area (Å²) >= 11 is 0. The van der Waals surface area contributed by atoms with Crippen LogP contribution in [0.3, 0.4) is 0 Å². The van der Waals surface area contributed by atoms with E-state index in [9.17, 15) is 10.2 Å². The molecule has 132 valence electrons. The second-order valence-corrected chi connectivity index (χ2v) is 9.44. The largest absolute Gasteiger partial charge is 0.396 e. The van der Waals surface area contributed by atoms with Crippen LogP contribution >= 0.6 is 0 Å². The lowest BCUT2D eigenvalue weighted by Crippen LogP contribution is -2.67. The fourth-order valence-corrected chi connectivity index (χ4v) is 6.73. The second kappa shape index (κ2) is 5.31. The lowest BCUT2D eigenvalue weighted by molar-refractivity contribution is -0.286. The Bertz CT molecular complexity index is 491. The fourth-order valence-electron chi connectivity index (χ4n) is 6.73. The second-order valence-electron chi connectivity index (χ2n) is 9.44.